The summed E-state index contributed by atoms with van der Waals surface area (Å²) in [7, 11) is 0. The fourth-order valence-electron chi connectivity index (χ4n) is 2.34. The van der Waals surface area contributed by atoms with Crippen molar-refractivity contribution in [2.24, 2.45) is 5.92 Å². The molecule has 0 aliphatic heterocycles. The highest BCUT2D eigenvalue weighted by molar-refractivity contribution is 5.77. The van der Waals surface area contributed by atoms with E-state index in [0.717, 1.165) is 24.9 Å². The Hall–Kier alpha value is -1.31. The van der Waals surface area contributed by atoms with Gasteiger partial charge in [0.2, 0.25) is 0 Å². The molecule has 106 valence electrons. The highest BCUT2D eigenvalue weighted by Crippen LogP contribution is 2.33. The van der Waals surface area contributed by atoms with Crippen molar-refractivity contribution in [2.45, 2.75) is 47.0 Å². The Morgan fingerprint density at radius 1 is 1.26 bits per heavy atom. The van der Waals surface area contributed by atoms with Gasteiger partial charge >= 0.3 is 0 Å². The molecule has 1 aromatic carbocycles. The van der Waals surface area contributed by atoms with E-state index in [1.165, 1.54) is 11.3 Å². The summed E-state index contributed by atoms with van der Waals surface area (Å²) in [5.74, 6) is 0.624. The monoisotopic (exact) mass is 261 g/mol. The Bertz CT molecular complexity index is 429. The molecule has 0 heterocycles. The van der Waals surface area contributed by atoms with E-state index in [4.69, 9.17) is 0 Å². The Morgan fingerprint density at radius 3 is 2.32 bits per heavy atom. The minimum absolute atomic E-state index is 0.0404. The fraction of sp³-hybridized carbons (Fsp3) is 0.588. The minimum atomic E-state index is 0.0404. The molecule has 0 spiro atoms. The van der Waals surface area contributed by atoms with Gasteiger partial charge in [-0.05, 0) is 42.0 Å². The van der Waals surface area contributed by atoms with Gasteiger partial charge in [0.25, 0.3) is 0 Å². The maximum atomic E-state index is 11.0. The summed E-state index contributed by atoms with van der Waals surface area (Å²) in [4.78, 5) is 13.4. The summed E-state index contributed by atoms with van der Waals surface area (Å²) < 4.78 is 0. The zero-order valence-corrected chi connectivity index (χ0v) is 13.2. The highest BCUT2D eigenvalue weighted by atomic mass is 16.1. The summed E-state index contributed by atoms with van der Waals surface area (Å²) in [5, 5.41) is 0. The summed E-state index contributed by atoms with van der Waals surface area (Å²) in [6.07, 6.45) is 0.928. The average Bonchev–Trinajstić information content (AvgIpc) is 2.34. The van der Waals surface area contributed by atoms with Crippen molar-refractivity contribution < 1.29 is 4.79 Å². The van der Waals surface area contributed by atoms with Crippen molar-refractivity contribution in [2.75, 3.05) is 18.0 Å². The maximum absolute atomic E-state index is 11.0. The zero-order valence-electron chi connectivity index (χ0n) is 13.2. The molecule has 0 unspecified atom stereocenters. The molecule has 0 bridgehead atoms. The van der Waals surface area contributed by atoms with Crippen molar-refractivity contribution >= 4 is 12.0 Å². The number of nitrogens with zero attached hydrogens (tertiary/aromatic N) is 1. The molecule has 0 amide bonds. The second-order valence-corrected chi connectivity index (χ2v) is 6.58. The van der Waals surface area contributed by atoms with Crippen LogP contribution >= 0.6 is 0 Å². The lowest BCUT2D eigenvalue weighted by Crippen LogP contribution is -2.30. The zero-order chi connectivity index (χ0) is 14.6. The number of aldehydes is 1. The normalized spacial score (nSPS) is 11.7. The van der Waals surface area contributed by atoms with Gasteiger partial charge < -0.3 is 4.90 Å². The molecular weight excluding hydrogens is 234 g/mol. The number of carbonyl (C=O) groups excluding carboxylic acids is 1. The number of hydrogen-bond acceptors (Lipinski definition) is 2. The van der Waals surface area contributed by atoms with Gasteiger partial charge in [-0.3, -0.25) is 4.79 Å². The van der Waals surface area contributed by atoms with Crippen LogP contribution in [-0.4, -0.2) is 19.4 Å². The van der Waals surface area contributed by atoms with E-state index in [0.29, 0.717) is 5.92 Å². The number of hydrogen-bond donors (Lipinski definition) is 0. The Morgan fingerprint density at radius 2 is 1.89 bits per heavy atom. The molecule has 1 rings (SSSR count). The standard InChI is InChI=1S/C17H27NO/c1-7-18(11-13(2)3)16-9-8-14(12-19)10-15(16)17(4,5)6/h8-10,12-13H,7,11H2,1-6H3. The van der Waals surface area contributed by atoms with Crippen molar-refractivity contribution in [1.82, 2.24) is 0 Å². The molecule has 0 atom stereocenters. The van der Waals surface area contributed by atoms with Crippen molar-refractivity contribution in [3.8, 4) is 0 Å². The molecule has 0 fully saturated rings. The Kier molecular flexibility index (Phi) is 5.16. The highest BCUT2D eigenvalue weighted by Gasteiger charge is 2.21. The lowest BCUT2D eigenvalue weighted by molar-refractivity contribution is 0.112. The molecule has 0 radical (unpaired) electrons. The van der Waals surface area contributed by atoms with Crippen LogP contribution in [0.25, 0.3) is 0 Å². The van der Waals surface area contributed by atoms with Crippen LogP contribution in [0.3, 0.4) is 0 Å². The van der Waals surface area contributed by atoms with Crippen LogP contribution in [0.1, 0.15) is 57.5 Å². The SMILES string of the molecule is CCN(CC(C)C)c1ccc(C=O)cc1C(C)(C)C. The largest absolute Gasteiger partial charge is 0.371 e. The van der Waals surface area contributed by atoms with Gasteiger partial charge in [-0.15, -0.1) is 0 Å². The van der Waals surface area contributed by atoms with Crippen molar-refractivity contribution in [1.29, 1.82) is 0 Å². The topological polar surface area (TPSA) is 20.3 Å². The molecule has 0 aromatic heterocycles. The average molecular weight is 261 g/mol. The van der Waals surface area contributed by atoms with Crippen LogP contribution in [0.2, 0.25) is 0 Å². The first-order valence-corrected chi connectivity index (χ1v) is 7.14. The molecule has 2 nitrogen and oxygen atoms in total. The van der Waals surface area contributed by atoms with Crippen LogP contribution in [0.15, 0.2) is 18.2 Å². The number of benzene rings is 1. The Labute approximate surface area is 117 Å². The smallest absolute Gasteiger partial charge is 0.150 e. The van der Waals surface area contributed by atoms with Gasteiger partial charge in [0, 0.05) is 24.3 Å². The fourth-order valence-corrected chi connectivity index (χ4v) is 2.34. The van der Waals surface area contributed by atoms with Gasteiger partial charge in [-0.1, -0.05) is 34.6 Å². The van der Waals surface area contributed by atoms with Crippen LogP contribution in [0, 0.1) is 5.92 Å². The molecule has 19 heavy (non-hydrogen) atoms. The first-order chi connectivity index (χ1) is 8.79. The predicted molar refractivity (Wildman–Crippen MR) is 83.3 cm³/mol. The molecule has 0 saturated heterocycles. The van der Waals surface area contributed by atoms with Crippen molar-refractivity contribution in [3.63, 3.8) is 0 Å². The van der Waals surface area contributed by atoms with Crippen LogP contribution in [0.5, 0.6) is 0 Å². The van der Waals surface area contributed by atoms with Gasteiger partial charge in [0.1, 0.15) is 6.29 Å². The van der Waals surface area contributed by atoms with E-state index in [2.05, 4.69) is 52.5 Å². The summed E-state index contributed by atoms with van der Waals surface area (Å²) in [5.41, 5.74) is 3.31. The third-order valence-electron chi connectivity index (χ3n) is 3.27. The predicted octanol–water partition coefficient (Wildman–Crippen LogP) is 4.28. The molecule has 0 aliphatic rings. The van der Waals surface area contributed by atoms with Gasteiger partial charge in [0.05, 0.1) is 0 Å². The molecule has 0 N–H and O–H groups in total. The van der Waals surface area contributed by atoms with Gasteiger partial charge in [-0.2, -0.15) is 0 Å². The molecule has 0 aliphatic carbocycles. The molecular formula is C17H27NO. The first-order valence-electron chi connectivity index (χ1n) is 7.14. The third-order valence-corrected chi connectivity index (χ3v) is 3.27. The number of rotatable bonds is 5. The molecule has 0 saturated carbocycles. The van der Waals surface area contributed by atoms with Crippen LogP contribution in [0.4, 0.5) is 5.69 Å². The maximum Gasteiger partial charge on any atom is 0.150 e. The lowest BCUT2D eigenvalue weighted by atomic mass is 9.84. The van der Waals surface area contributed by atoms with E-state index in [1.807, 2.05) is 12.1 Å². The summed E-state index contributed by atoms with van der Waals surface area (Å²) in [6, 6.07) is 6.04. The van der Waals surface area contributed by atoms with E-state index in [9.17, 15) is 4.79 Å². The van der Waals surface area contributed by atoms with E-state index in [1.54, 1.807) is 0 Å². The van der Waals surface area contributed by atoms with E-state index >= 15 is 0 Å². The Balaban J connectivity index is 3.28. The third kappa shape index (κ3) is 4.09. The van der Waals surface area contributed by atoms with E-state index < -0.39 is 0 Å². The van der Waals surface area contributed by atoms with E-state index in [-0.39, 0.29) is 5.41 Å². The first kappa shape index (κ1) is 15.7. The molecule has 1 aromatic rings. The van der Waals surface area contributed by atoms with Crippen LogP contribution < -0.4 is 4.90 Å². The minimum Gasteiger partial charge on any atom is -0.371 e. The van der Waals surface area contributed by atoms with Gasteiger partial charge in [-0.25, -0.2) is 0 Å². The molecule has 2 heteroatoms. The van der Waals surface area contributed by atoms with Gasteiger partial charge in [0.15, 0.2) is 0 Å². The summed E-state index contributed by atoms with van der Waals surface area (Å²) in [6.45, 7) is 15.3. The number of anilines is 1. The number of carbonyl (C=O) groups is 1. The second-order valence-electron chi connectivity index (χ2n) is 6.58. The second kappa shape index (κ2) is 6.23. The quantitative estimate of drug-likeness (QED) is 0.737. The van der Waals surface area contributed by atoms with Crippen LogP contribution in [-0.2, 0) is 5.41 Å². The summed E-state index contributed by atoms with van der Waals surface area (Å²) >= 11 is 0. The van der Waals surface area contributed by atoms with Crippen molar-refractivity contribution in [3.05, 3.63) is 29.3 Å². The lowest BCUT2D eigenvalue weighted by Gasteiger charge is -2.32.